The van der Waals surface area contributed by atoms with E-state index >= 15 is 0 Å². The van der Waals surface area contributed by atoms with Gasteiger partial charge in [0.15, 0.2) is 6.10 Å². The molecule has 9 nitrogen and oxygen atoms in total. The second-order valence-corrected chi connectivity index (χ2v) is 9.37. The van der Waals surface area contributed by atoms with E-state index in [1.165, 1.54) is 4.31 Å². The fourth-order valence-electron chi connectivity index (χ4n) is 3.13. The topological polar surface area (TPSA) is 114 Å². The number of nitrogens with one attached hydrogen (secondary N) is 2. The van der Waals surface area contributed by atoms with Crippen molar-refractivity contribution in [3.05, 3.63) is 54.1 Å². The van der Waals surface area contributed by atoms with E-state index in [4.69, 9.17) is 9.47 Å². The molecule has 0 bridgehead atoms. The quantitative estimate of drug-likeness (QED) is 0.441. The molecule has 0 radical (unpaired) electrons. The molecule has 0 aromatic heterocycles. The summed E-state index contributed by atoms with van der Waals surface area (Å²) in [5, 5.41) is 0. The first-order valence-corrected chi connectivity index (χ1v) is 12.7. The van der Waals surface area contributed by atoms with Gasteiger partial charge in [0.05, 0.1) is 11.5 Å². The van der Waals surface area contributed by atoms with E-state index < -0.39 is 22.0 Å². The third-order valence-corrected chi connectivity index (χ3v) is 7.11. The second-order valence-electron chi connectivity index (χ2n) is 7.44. The maximum Gasteiger partial charge on any atom is 0.279 e. The number of hydrazine groups is 1. The smallest absolute Gasteiger partial charge is 0.279 e. The molecule has 34 heavy (non-hydrogen) atoms. The van der Waals surface area contributed by atoms with Gasteiger partial charge in [-0.15, -0.1) is 0 Å². The number of sulfonamides is 1. The van der Waals surface area contributed by atoms with Gasteiger partial charge in [-0.25, -0.2) is 8.42 Å². The summed E-state index contributed by atoms with van der Waals surface area (Å²) in [6.07, 6.45) is -0.305. The van der Waals surface area contributed by atoms with Gasteiger partial charge in [-0.3, -0.25) is 20.4 Å². The molecule has 0 aliphatic rings. The summed E-state index contributed by atoms with van der Waals surface area (Å²) >= 11 is 0. The summed E-state index contributed by atoms with van der Waals surface area (Å²) in [5.74, 6) is 0.345. The van der Waals surface area contributed by atoms with E-state index in [9.17, 15) is 18.0 Å². The molecular weight excluding hydrogens is 458 g/mol. The predicted molar refractivity (Wildman–Crippen MR) is 129 cm³/mol. The van der Waals surface area contributed by atoms with E-state index in [1.807, 2.05) is 6.92 Å². The van der Waals surface area contributed by atoms with E-state index in [0.717, 1.165) is 5.56 Å². The first kappa shape index (κ1) is 27.1. The van der Waals surface area contributed by atoms with Crippen LogP contribution in [0.5, 0.6) is 11.5 Å². The number of carbonyl (C=O) groups excluding carboxylic acids is 2. The predicted octanol–water partition coefficient (Wildman–Crippen LogP) is 2.66. The highest BCUT2D eigenvalue weighted by molar-refractivity contribution is 7.89. The Morgan fingerprint density at radius 2 is 1.50 bits per heavy atom. The zero-order chi connectivity index (χ0) is 25.1. The highest BCUT2D eigenvalue weighted by Gasteiger charge is 2.21. The highest BCUT2D eigenvalue weighted by Crippen LogP contribution is 2.19. The number of aryl methyl sites for hydroxylation is 1. The molecule has 1 unspecified atom stereocenters. The van der Waals surface area contributed by atoms with Crippen molar-refractivity contribution in [3.63, 3.8) is 0 Å². The Balaban J connectivity index is 1.78. The Kier molecular flexibility index (Phi) is 10.3. The third kappa shape index (κ3) is 7.74. The zero-order valence-electron chi connectivity index (χ0n) is 20.0. The molecule has 0 saturated heterocycles. The van der Waals surface area contributed by atoms with Crippen molar-refractivity contribution in [1.82, 2.24) is 15.2 Å². The number of ether oxygens (including phenoxy) is 2. The van der Waals surface area contributed by atoms with Gasteiger partial charge in [0.2, 0.25) is 15.9 Å². The lowest BCUT2D eigenvalue weighted by Gasteiger charge is -2.18. The van der Waals surface area contributed by atoms with E-state index in [-0.39, 0.29) is 17.2 Å². The molecule has 2 amide bonds. The van der Waals surface area contributed by atoms with Gasteiger partial charge in [0.1, 0.15) is 11.5 Å². The Morgan fingerprint density at radius 1 is 0.912 bits per heavy atom. The van der Waals surface area contributed by atoms with E-state index in [2.05, 4.69) is 10.9 Å². The Labute approximate surface area is 201 Å². The zero-order valence-corrected chi connectivity index (χ0v) is 20.9. The number of carbonyl (C=O) groups is 2. The van der Waals surface area contributed by atoms with Crippen LogP contribution in [0.4, 0.5) is 0 Å². The van der Waals surface area contributed by atoms with Crippen molar-refractivity contribution in [3.8, 4) is 11.5 Å². The highest BCUT2D eigenvalue weighted by atomic mass is 32.2. The Morgan fingerprint density at radius 3 is 2.06 bits per heavy atom. The Bertz CT molecular complexity index is 1040. The summed E-state index contributed by atoms with van der Waals surface area (Å²) in [6.45, 7) is 8.41. The van der Waals surface area contributed by atoms with Gasteiger partial charge >= 0.3 is 0 Å². The third-order valence-electron chi connectivity index (χ3n) is 5.05. The normalized spacial score (nSPS) is 12.1. The first-order valence-electron chi connectivity index (χ1n) is 11.3. The molecule has 2 aromatic rings. The molecule has 0 heterocycles. The van der Waals surface area contributed by atoms with Crippen LogP contribution in [0, 0.1) is 0 Å². The van der Waals surface area contributed by atoms with Gasteiger partial charge in [0.25, 0.3) is 5.91 Å². The minimum Gasteiger partial charge on any atom is -0.494 e. The number of benzene rings is 2. The fourth-order valence-corrected chi connectivity index (χ4v) is 4.59. The molecule has 2 aromatic carbocycles. The van der Waals surface area contributed by atoms with E-state index in [1.54, 1.807) is 69.3 Å². The van der Waals surface area contributed by atoms with Crippen molar-refractivity contribution in [2.24, 2.45) is 0 Å². The summed E-state index contributed by atoms with van der Waals surface area (Å²) in [6, 6.07) is 13.4. The maximum absolute atomic E-state index is 12.5. The summed E-state index contributed by atoms with van der Waals surface area (Å²) in [5.41, 5.74) is 5.53. The molecule has 10 heteroatoms. The number of nitrogens with zero attached hydrogens (tertiary/aromatic N) is 1. The van der Waals surface area contributed by atoms with Crippen LogP contribution in [0.25, 0.3) is 0 Å². The largest absolute Gasteiger partial charge is 0.494 e. The van der Waals surface area contributed by atoms with Crippen molar-refractivity contribution < 1.29 is 27.5 Å². The first-order chi connectivity index (χ1) is 16.2. The molecule has 2 N–H and O–H groups in total. The monoisotopic (exact) mass is 491 g/mol. The van der Waals surface area contributed by atoms with Gasteiger partial charge in [-0.2, -0.15) is 4.31 Å². The lowest BCUT2D eigenvalue weighted by Crippen LogP contribution is -2.47. The van der Waals surface area contributed by atoms with Crippen molar-refractivity contribution in [2.75, 3.05) is 19.7 Å². The average molecular weight is 492 g/mol. The van der Waals surface area contributed by atoms with Crippen molar-refractivity contribution in [1.29, 1.82) is 0 Å². The van der Waals surface area contributed by atoms with Gasteiger partial charge < -0.3 is 9.47 Å². The minimum atomic E-state index is -3.51. The maximum atomic E-state index is 12.5. The molecule has 186 valence electrons. The van der Waals surface area contributed by atoms with Crippen LogP contribution in [0.3, 0.4) is 0 Å². The summed E-state index contributed by atoms with van der Waals surface area (Å²) in [4.78, 5) is 24.5. The minimum absolute atomic E-state index is 0.122. The molecule has 1 atom stereocenters. The van der Waals surface area contributed by atoms with Crippen molar-refractivity contribution >= 4 is 21.8 Å². The van der Waals surface area contributed by atoms with Crippen LogP contribution in [0.1, 0.15) is 39.7 Å². The van der Waals surface area contributed by atoms with Gasteiger partial charge in [-0.05, 0) is 62.2 Å². The lowest BCUT2D eigenvalue weighted by molar-refractivity contribution is -0.132. The van der Waals surface area contributed by atoms with Crippen LogP contribution in [0.2, 0.25) is 0 Å². The van der Waals surface area contributed by atoms with Crippen LogP contribution in [0.15, 0.2) is 53.4 Å². The standard InChI is InChI=1S/C24H33N3O6S/c1-5-27(6-2)34(30,31)22-15-8-19(9-16-22)10-17-23(28)25-26-24(29)18(4)33-21-13-11-20(12-14-21)32-7-3/h8-9,11-16,18H,5-7,10,17H2,1-4H3,(H,25,28)(H,26,29). The number of hydrogen-bond acceptors (Lipinski definition) is 6. The van der Waals surface area contributed by atoms with E-state index in [0.29, 0.717) is 37.6 Å². The second kappa shape index (κ2) is 13.0. The number of amides is 2. The van der Waals surface area contributed by atoms with Gasteiger partial charge in [-0.1, -0.05) is 26.0 Å². The van der Waals surface area contributed by atoms with Crippen LogP contribution in [-0.2, 0) is 26.0 Å². The van der Waals surface area contributed by atoms with Crippen LogP contribution in [-0.4, -0.2) is 50.3 Å². The van der Waals surface area contributed by atoms with Gasteiger partial charge in [0, 0.05) is 19.5 Å². The molecule has 0 aliphatic heterocycles. The van der Waals surface area contributed by atoms with Crippen molar-refractivity contribution in [2.45, 2.75) is 51.5 Å². The summed E-state index contributed by atoms with van der Waals surface area (Å²) < 4.78 is 37.4. The van der Waals surface area contributed by atoms with Crippen LogP contribution >= 0.6 is 0 Å². The molecule has 0 saturated carbocycles. The SMILES string of the molecule is CCOc1ccc(OC(C)C(=O)NNC(=O)CCc2ccc(S(=O)(=O)N(CC)CC)cc2)cc1. The molecular formula is C24H33N3O6S. The lowest BCUT2D eigenvalue weighted by atomic mass is 10.1. The molecule has 0 fully saturated rings. The molecule has 0 spiro atoms. The summed E-state index contributed by atoms with van der Waals surface area (Å²) in [7, 11) is -3.51. The molecule has 0 aliphatic carbocycles. The number of hydrogen-bond donors (Lipinski definition) is 2. The molecule has 2 rings (SSSR count). The fraction of sp³-hybridized carbons (Fsp3) is 0.417. The van der Waals surface area contributed by atoms with Crippen LogP contribution < -0.4 is 20.3 Å². The Hall–Kier alpha value is -3.11. The number of rotatable bonds is 12. The average Bonchev–Trinajstić information content (AvgIpc) is 2.83.